The molecule has 6 aromatic rings. The molecule has 1 N–H and O–H groups in total. The first-order chi connectivity index (χ1) is 21.6. The molecule has 212 valence electrons. The van der Waals surface area contributed by atoms with E-state index < -0.39 is 0 Å². The number of benzene rings is 6. The maximum absolute atomic E-state index is 5.33. The summed E-state index contributed by atoms with van der Waals surface area (Å²) >= 11 is 0. The fourth-order valence-electron chi connectivity index (χ4n) is 6.83. The highest BCUT2D eigenvalue weighted by Gasteiger charge is 2.25. The number of amidine groups is 2. The van der Waals surface area contributed by atoms with Crippen molar-refractivity contribution in [1.29, 1.82) is 0 Å². The van der Waals surface area contributed by atoms with E-state index in [1.54, 1.807) is 0 Å². The van der Waals surface area contributed by atoms with Gasteiger partial charge in [-0.2, -0.15) is 0 Å². The van der Waals surface area contributed by atoms with Gasteiger partial charge in [0.15, 0.2) is 5.84 Å². The first-order valence-electron chi connectivity index (χ1n) is 15.4. The molecule has 1 unspecified atom stereocenters. The van der Waals surface area contributed by atoms with Gasteiger partial charge >= 0.3 is 0 Å². The van der Waals surface area contributed by atoms with E-state index in [0.29, 0.717) is 0 Å². The second kappa shape index (κ2) is 10.8. The molecule has 1 heterocycles. The van der Waals surface area contributed by atoms with E-state index in [2.05, 4.69) is 147 Å². The van der Waals surface area contributed by atoms with Crippen LogP contribution in [0.1, 0.15) is 41.3 Å². The van der Waals surface area contributed by atoms with Crippen molar-refractivity contribution < 1.29 is 0 Å². The number of hydrogen-bond donors (Lipinski definition) is 1. The summed E-state index contributed by atoms with van der Waals surface area (Å²) in [6.45, 7) is 4.41. The molecule has 0 aromatic heterocycles. The molecule has 2 aliphatic rings. The van der Waals surface area contributed by atoms with Crippen LogP contribution in [0.25, 0.3) is 43.4 Å². The SMILES string of the molecule is Cc1cc(-c2c(C)ccc3ccccc23)ccc1C1N=C(c2cc3ccccc3c3ccccc23)N=C(C2=CC=CCC2)N1. The largest absolute Gasteiger partial charge is 0.344 e. The topological polar surface area (TPSA) is 36.8 Å². The molecule has 0 radical (unpaired) electrons. The minimum Gasteiger partial charge on any atom is -0.344 e. The average Bonchev–Trinajstić information content (AvgIpc) is 3.08. The Bertz CT molecular complexity index is 2230. The highest BCUT2D eigenvalue weighted by molar-refractivity contribution is 6.22. The Kier molecular flexibility index (Phi) is 6.45. The van der Waals surface area contributed by atoms with Crippen molar-refractivity contribution in [2.45, 2.75) is 32.9 Å². The zero-order valence-electron chi connectivity index (χ0n) is 25.0. The normalized spacial score (nSPS) is 16.5. The predicted octanol–water partition coefficient (Wildman–Crippen LogP) is 10.2. The fourth-order valence-corrected chi connectivity index (χ4v) is 6.83. The molecule has 1 aliphatic heterocycles. The van der Waals surface area contributed by atoms with Gasteiger partial charge in [-0.3, -0.25) is 0 Å². The molecule has 0 saturated heterocycles. The third kappa shape index (κ3) is 4.53. The molecule has 8 rings (SSSR count). The molecule has 1 aliphatic carbocycles. The number of allylic oxidation sites excluding steroid dienone is 3. The summed E-state index contributed by atoms with van der Waals surface area (Å²) in [6, 6.07) is 39.4. The van der Waals surface area contributed by atoms with Gasteiger partial charge in [-0.05, 0) is 98.5 Å². The van der Waals surface area contributed by atoms with E-state index in [0.717, 1.165) is 35.6 Å². The monoisotopic (exact) mass is 567 g/mol. The lowest BCUT2D eigenvalue weighted by molar-refractivity contribution is 0.667. The van der Waals surface area contributed by atoms with Crippen molar-refractivity contribution in [3.63, 3.8) is 0 Å². The molecule has 1 atom stereocenters. The van der Waals surface area contributed by atoms with E-state index >= 15 is 0 Å². The Morgan fingerprint density at radius 2 is 1.43 bits per heavy atom. The molecule has 3 nitrogen and oxygen atoms in total. The molecule has 0 saturated carbocycles. The first kappa shape index (κ1) is 26.4. The van der Waals surface area contributed by atoms with Crippen LogP contribution in [0.5, 0.6) is 0 Å². The lowest BCUT2D eigenvalue weighted by Gasteiger charge is -2.27. The molecular weight excluding hydrogens is 534 g/mol. The molecule has 0 fully saturated rings. The van der Waals surface area contributed by atoms with Gasteiger partial charge in [-0.25, -0.2) is 9.98 Å². The quantitative estimate of drug-likeness (QED) is 0.211. The summed E-state index contributed by atoms with van der Waals surface area (Å²) in [5.41, 5.74) is 8.46. The lowest BCUT2D eigenvalue weighted by Crippen LogP contribution is -2.34. The lowest BCUT2D eigenvalue weighted by atomic mass is 9.91. The van der Waals surface area contributed by atoms with Gasteiger partial charge in [0.25, 0.3) is 0 Å². The zero-order valence-corrected chi connectivity index (χ0v) is 25.0. The Labute approximate surface area is 258 Å². The minimum atomic E-state index is -0.253. The van der Waals surface area contributed by atoms with Gasteiger partial charge in [0.1, 0.15) is 12.0 Å². The minimum absolute atomic E-state index is 0.253. The fraction of sp³-hybridized carbons (Fsp3) is 0.122. The van der Waals surface area contributed by atoms with Crippen LogP contribution in [0.4, 0.5) is 0 Å². The van der Waals surface area contributed by atoms with Crippen LogP contribution >= 0.6 is 0 Å². The third-order valence-electron chi connectivity index (χ3n) is 9.06. The Morgan fingerprint density at radius 1 is 0.682 bits per heavy atom. The molecule has 44 heavy (non-hydrogen) atoms. The molecule has 6 aromatic carbocycles. The highest BCUT2D eigenvalue weighted by Crippen LogP contribution is 2.36. The van der Waals surface area contributed by atoms with Crippen LogP contribution in [0.15, 0.2) is 143 Å². The van der Waals surface area contributed by atoms with E-state index in [4.69, 9.17) is 9.98 Å². The van der Waals surface area contributed by atoms with Crippen LogP contribution < -0.4 is 5.32 Å². The second-order valence-electron chi connectivity index (χ2n) is 11.9. The molecule has 0 bridgehead atoms. The van der Waals surface area contributed by atoms with Gasteiger partial charge in [0.2, 0.25) is 0 Å². The molecule has 0 amide bonds. The zero-order chi connectivity index (χ0) is 29.6. The maximum Gasteiger partial charge on any atom is 0.160 e. The van der Waals surface area contributed by atoms with Crippen LogP contribution in [0.3, 0.4) is 0 Å². The Hall–Kier alpha value is -5.28. The van der Waals surface area contributed by atoms with Gasteiger partial charge in [0.05, 0.1) is 0 Å². The molecule has 3 heteroatoms. The number of aryl methyl sites for hydroxylation is 2. The van der Waals surface area contributed by atoms with E-state index in [9.17, 15) is 0 Å². The van der Waals surface area contributed by atoms with Gasteiger partial charge in [0, 0.05) is 5.56 Å². The summed E-state index contributed by atoms with van der Waals surface area (Å²) in [6.07, 6.45) is 8.26. The van der Waals surface area contributed by atoms with Crippen molar-refractivity contribution in [2.24, 2.45) is 9.98 Å². The van der Waals surface area contributed by atoms with E-state index in [1.807, 2.05) is 0 Å². The van der Waals surface area contributed by atoms with Crippen molar-refractivity contribution in [1.82, 2.24) is 5.32 Å². The number of nitrogens with zero attached hydrogens (tertiary/aromatic N) is 2. The average molecular weight is 568 g/mol. The van der Waals surface area contributed by atoms with Crippen molar-refractivity contribution in [3.05, 3.63) is 155 Å². The molecule has 0 spiro atoms. The first-order valence-corrected chi connectivity index (χ1v) is 15.4. The second-order valence-corrected chi connectivity index (χ2v) is 11.9. The van der Waals surface area contributed by atoms with Crippen LogP contribution in [-0.4, -0.2) is 11.7 Å². The number of aliphatic imine (C=N–C) groups is 2. The predicted molar refractivity (Wildman–Crippen MR) is 187 cm³/mol. The van der Waals surface area contributed by atoms with Crippen LogP contribution in [0, 0.1) is 13.8 Å². The summed E-state index contributed by atoms with van der Waals surface area (Å²) < 4.78 is 0. The smallest absolute Gasteiger partial charge is 0.160 e. The Morgan fingerprint density at radius 3 is 2.23 bits per heavy atom. The van der Waals surface area contributed by atoms with Crippen LogP contribution in [0.2, 0.25) is 0 Å². The van der Waals surface area contributed by atoms with E-state index in [1.165, 1.54) is 60.1 Å². The van der Waals surface area contributed by atoms with Gasteiger partial charge < -0.3 is 5.32 Å². The third-order valence-corrected chi connectivity index (χ3v) is 9.06. The summed E-state index contributed by atoms with van der Waals surface area (Å²) in [5.74, 6) is 1.68. The highest BCUT2D eigenvalue weighted by atomic mass is 15.2. The van der Waals surface area contributed by atoms with E-state index in [-0.39, 0.29) is 6.17 Å². The number of nitrogens with one attached hydrogen (secondary N) is 1. The van der Waals surface area contributed by atoms with Crippen LogP contribution in [-0.2, 0) is 0 Å². The van der Waals surface area contributed by atoms with Crippen molar-refractivity contribution >= 4 is 44.0 Å². The van der Waals surface area contributed by atoms with Crippen molar-refractivity contribution in [2.75, 3.05) is 0 Å². The van der Waals surface area contributed by atoms with Gasteiger partial charge in [-0.15, -0.1) is 0 Å². The number of rotatable bonds is 4. The standard InChI is InChI=1S/C41H33N3/c1-26-20-21-28-12-6-9-17-34(28)38(26)31-22-23-32(27(2)24-31)40-42-39(29-13-4-3-5-14-29)43-41(44-40)37-25-30-15-7-8-16-33(30)35-18-10-11-19-36(35)37/h3-4,6-13,15-25,40H,5,14H2,1-2H3,(H,42,43,44). The number of fused-ring (bicyclic) bond motifs is 4. The maximum atomic E-state index is 5.33. The Balaban J connectivity index is 1.28. The summed E-state index contributed by atoms with van der Waals surface area (Å²) in [5, 5.41) is 11.1. The summed E-state index contributed by atoms with van der Waals surface area (Å²) in [7, 11) is 0. The number of hydrogen-bond acceptors (Lipinski definition) is 3. The molecular formula is C41H33N3. The van der Waals surface area contributed by atoms with Gasteiger partial charge in [-0.1, -0.05) is 121 Å². The van der Waals surface area contributed by atoms with Crippen molar-refractivity contribution in [3.8, 4) is 11.1 Å². The summed E-state index contributed by atoms with van der Waals surface area (Å²) in [4.78, 5) is 10.5.